The van der Waals surface area contributed by atoms with Gasteiger partial charge in [0.1, 0.15) is 0 Å². The van der Waals surface area contributed by atoms with Crippen LogP contribution in [0.4, 0.5) is 8.78 Å². The minimum Gasteiger partial charge on any atom is -0.293 e. The maximum absolute atomic E-state index is 13.4. The van der Waals surface area contributed by atoms with Crippen LogP contribution in [0.2, 0.25) is 0 Å². The van der Waals surface area contributed by atoms with Crippen LogP contribution in [0.25, 0.3) is 10.9 Å². The second-order valence-corrected chi connectivity index (χ2v) is 7.57. The van der Waals surface area contributed by atoms with E-state index in [0.717, 1.165) is 29.5 Å². The van der Waals surface area contributed by atoms with Gasteiger partial charge in [0.2, 0.25) is 0 Å². The number of fused-ring (bicyclic) bond motifs is 1. The Balaban J connectivity index is 1.68. The van der Waals surface area contributed by atoms with Gasteiger partial charge in [-0.2, -0.15) is 0 Å². The van der Waals surface area contributed by atoms with E-state index in [2.05, 4.69) is 4.98 Å². The van der Waals surface area contributed by atoms with Crippen LogP contribution in [0.3, 0.4) is 0 Å². The van der Waals surface area contributed by atoms with Crippen LogP contribution in [-0.4, -0.2) is 21.1 Å². The highest BCUT2D eigenvalue weighted by Gasteiger charge is 2.15. The Morgan fingerprint density at radius 1 is 0.933 bits per heavy atom. The topological polar surface area (TPSA) is 52.0 Å². The molecule has 150 valence electrons. The van der Waals surface area contributed by atoms with Gasteiger partial charge in [-0.1, -0.05) is 54.2 Å². The number of halogens is 2. The number of ketones is 1. The van der Waals surface area contributed by atoms with Crippen molar-refractivity contribution in [1.82, 2.24) is 9.55 Å². The minimum absolute atomic E-state index is 0.0648. The van der Waals surface area contributed by atoms with Crippen molar-refractivity contribution in [2.75, 3.05) is 5.75 Å². The monoisotopic (exact) mass is 422 g/mol. The van der Waals surface area contributed by atoms with Crippen molar-refractivity contribution in [2.45, 2.75) is 11.7 Å². The first-order valence-electron chi connectivity index (χ1n) is 9.17. The van der Waals surface area contributed by atoms with Crippen LogP contribution in [0.5, 0.6) is 0 Å². The molecule has 30 heavy (non-hydrogen) atoms. The highest BCUT2D eigenvalue weighted by Crippen LogP contribution is 2.21. The molecule has 0 spiro atoms. The summed E-state index contributed by atoms with van der Waals surface area (Å²) in [6.07, 6.45) is 0. The molecule has 0 atom stereocenters. The lowest BCUT2D eigenvalue weighted by molar-refractivity contribution is 0.102. The van der Waals surface area contributed by atoms with Crippen LogP contribution < -0.4 is 5.56 Å². The fraction of sp³-hybridized carbons (Fsp3) is 0.0870. The van der Waals surface area contributed by atoms with Gasteiger partial charge in [-0.05, 0) is 35.9 Å². The molecule has 0 radical (unpaired) electrons. The van der Waals surface area contributed by atoms with E-state index in [1.165, 1.54) is 10.6 Å². The molecule has 4 nitrogen and oxygen atoms in total. The third-order valence-electron chi connectivity index (χ3n) is 4.58. The Labute approximate surface area is 175 Å². The summed E-state index contributed by atoms with van der Waals surface area (Å²) in [7, 11) is 0. The van der Waals surface area contributed by atoms with Crippen LogP contribution in [-0.2, 0) is 6.54 Å². The van der Waals surface area contributed by atoms with E-state index in [1.54, 1.807) is 24.3 Å². The zero-order valence-electron chi connectivity index (χ0n) is 15.7. The SMILES string of the molecule is O=C(CSc1nc2ccccc2c(=O)n1Cc1ccccc1)c1ccc(F)c(F)c1. The molecule has 3 aromatic carbocycles. The standard InChI is InChI=1S/C23H16F2N2O2S/c24-18-11-10-16(12-19(18)25)21(28)14-30-23-26-20-9-5-4-8-17(20)22(29)27(23)13-15-6-2-1-3-7-15/h1-12H,13-14H2. The summed E-state index contributed by atoms with van der Waals surface area (Å²) >= 11 is 1.09. The molecule has 0 saturated heterocycles. The molecule has 0 aliphatic rings. The summed E-state index contributed by atoms with van der Waals surface area (Å²) in [5, 5.41) is 0.878. The Kier molecular flexibility index (Phi) is 5.72. The van der Waals surface area contributed by atoms with Gasteiger partial charge >= 0.3 is 0 Å². The van der Waals surface area contributed by atoms with E-state index in [0.29, 0.717) is 22.6 Å². The highest BCUT2D eigenvalue weighted by molar-refractivity contribution is 7.99. The number of aromatic nitrogens is 2. The molecule has 1 aromatic heterocycles. The first-order chi connectivity index (χ1) is 14.5. The Bertz CT molecular complexity index is 1290. The van der Waals surface area contributed by atoms with Crippen molar-refractivity contribution in [3.63, 3.8) is 0 Å². The number of hydrogen-bond acceptors (Lipinski definition) is 4. The molecule has 0 unspecified atom stereocenters. The Hall–Kier alpha value is -3.32. The zero-order chi connectivity index (χ0) is 21.1. The second kappa shape index (κ2) is 8.59. The summed E-state index contributed by atoms with van der Waals surface area (Å²) in [4.78, 5) is 30.1. The fourth-order valence-corrected chi connectivity index (χ4v) is 3.94. The number of para-hydroxylation sites is 1. The van der Waals surface area contributed by atoms with Crippen molar-refractivity contribution in [2.24, 2.45) is 0 Å². The molecule has 4 aromatic rings. The third-order valence-corrected chi connectivity index (χ3v) is 5.56. The molecule has 0 fully saturated rings. The van der Waals surface area contributed by atoms with E-state index in [-0.39, 0.29) is 22.7 Å². The quantitative estimate of drug-likeness (QED) is 0.257. The van der Waals surface area contributed by atoms with E-state index in [4.69, 9.17) is 0 Å². The second-order valence-electron chi connectivity index (χ2n) is 6.63. The number of hydrogen-bond donors (Lipinski definition) is 0. The predicted octanol–water partition coefficient (Wildman–Crippen LogP) is 4.70. The van der Waals surface area contributed by atoms with Crippen molar-refractivity contribution in [1.29, 1.82) is 0 Å². The first-order valence-corrected chi connectivity index (χ1v) is 10.2. The van der Waals surface area contributed by atoms with Crippen molar-refractivity contribution < 1.29 is 13.6 Å². The molecule has 0 saturated carbocycles. The molecule has 7 heteroatoms. The summed E-state index contributed by atoms with van der Waals surface area (Å²) in [6, 6.07) is 19.5. The molecule has 0 bridgehead atoms. The van der Waals surface area contributed by atoms with E-state index in [9.17, 15) is 18.4 Å². The molecule has 0 aliphatic heterocycles. The van der Waals surface area contributed by atoms with Crippen LogP contribution >= 0.6 is 11.8 Å². The van der Waals surface area contributed by atoms with Gasteiger partial charge in [0, 0.05) is 5.56 Å². The highest BCUT2D eigenvalue weighted by atomic mass is 32.2. The average Bonchev–Trinajstić information content (AvgIpc) is 2.77. The minimum atomic E-state index is -1.07. The van der Waals surface area contributed by atoms with Crippen LogP contribution in [0, 0.1) is 11.6 Å². The summed E-state index contributed by atoms with van der Waals surface area (Å²) in [5.41, 5.74) is 1.33. The number of thioether (sulfide) groups is 1. The van der Waals surface area contributed by atoms with Gasteiger partial charge in [0.25, 0.3) is 5.56 Å². The zero-order valence-corrected chi connectivity index (χ0v) is 16.5. The van der Waals surface area contributed by atoms with Crippen molar-refractivity contribution in [3.05, 3.63) is 106 Å². The van der Waals surface area contributed by atoms with Gasteiger partial charge in [0.15, 0.2) is 22.6 Å². The number of carbonyl (C=O) groups excluding carboxylic acids is 1. The van der Waals surface area contributed by atoms with E-state index in [1.807, 2.05) is 30.3 Å². The average molecular weight is 422 g/mol. The molecule has 1 heterocycles. The normalized spacial score (nSPS) is 11.0. The lowest BCUT2D eigenvalue weighted by atomic mass is 10.1. The molecule has 0 amide bonds. The molecular formula is C23H16F2N2O2S. The Morgan fingerprint density at radius 3 is 2.43 bits per heavy atom. The molecular weight excluding hydrogens is 406 g/mol. The van der Waals surface area contributed by atoms with Crippen molar-refractivity contribution in [3.8, 4) is 0 Å². The lowest BCUT2D eigenvalue weighted by Crippen LogP contribution is -2.24. The summed E-state index contributed by atoms with van der Waals surface area (Å²) in [5.74, 6) is -2.53. The number of nitrogens with zero attached hydrogens (tertiary/aromatic N) is 2. The maximum atomic E-state index is 13.4. The van der Waals surface area contributed by atoms with Crippen LogP contribution in [0.15, 0.2) is 82.7 Å². The molecule has 4 rings (SSSR count). The van der Waals surface area contributed by atoms with Crippen molar-refractivity contribution >= 4 is 28.4 Å². The van der Waals surface area contributed by atoms with E-state index < -0.39 is 11.6 Å². The summed E-state index contributed by atoms with van der Waals surface area (Å²) < 4.78 is 28.1. The van der Waals surface area contributed by atoms with Crippen LogP contribution in [0.1, 0.15) is 15.9 Å². The van der Waals surface area contributed by atoms with Gasteiger partial charge in [0.05, 0.1) is 23.2 Å². The fourth-order valence-electron chi connectivity index (χ4n) is 3.05. The number of rotatable bonds is 6. The number of carbonyl (C=O) groups is 1. The third kappa shape index (κ3) is 4.16. The molecule has 0 aliphatic carbocycles. The van der Waals surface area contributed by atoms with E-state index >= 15 is 0 Å². The summed E-state index contributed by atoms with van der Waals surface area (Å²) in [6.45, 7) is 0.305. The van der Waals surface area contributed by atoms with Gasteiger partial charge in [-0.15, -0.1) is 0 Å². The lowest BCUT2D eigenvalue weighted by Gasteiger charge is -2.13. The first kappa shape index (κ1) is 20.0. The number of benzene rings is 3. The smallest absolute Gasteiger partial charge is 0.262 e. The predicted molar refractivity (Wildman–Crippen MR) is 113 cm³/mol. The largest absolute Gasteiger partial charge is 0.293 e. The maximum Gasteiger partial charge on any atom is 0.262 e. The van der Waals surface area contributed by atoms with Gasteiger partial charge in [-0.3, -0.25) is 14.2 Å². The Morgan fingerprint density at radius 2 is 1.67 bits per heavy atom. The number of Topliss-reactive ketones (excluding diaryl/α,β-unsaturated/α-hetero) is 1. The van der Waals surface area contributed by atoms with Gasteiger partial charge in [-0.25, -0.2) is 13.8 Å². The van der Waals surface area contributed by atoms with Gasteiger partial charge < -0.3 is 0 Å². The molecule has 0 N–H and O–H groups in total.